The van der Waals surface area contributed by atoms with E-state index in [2.05, 4.69) is 10.3 Å². The molecular weight excluding hydrogens is 302 g/mol. The summed E-state index contributed by atoms with van der Waals surface area (Å²) in [6, 6.07) is 12.8. The molecule has 1 aromatic carbocycles. The molecule has 0 radical (unpaired) electrons. The minimum Gasteiger partial charge on any atom is -0.337 e. The van der Waals surface area contributed by atoms with Gasteiger partial charge in [0.2, 0.25) is 5.91 Å². The zero-order chi connectivity index (χ0) is 16.8. The highest BCUT2D eigenvalue weighted by Gasteiger charge is 2.26. The fourth-order valence-corrected chi connectivity index (χ4v) is 2.46. The van der Waals surface area contributed by atoms with Crippen LogP contribution in [0, 0.1) is 5.92 Å². The van der Waals surface area contributed by atoms with Crippen molar-refractivity contribution in [1.82, 2.24) is 15.2 Å². The van der Waals surface area contributed by atoms with Gasteiger partial charge in [0.15, 0.2) is 0 Å². The van der Waals surface area contributed by atoms with Gasteiger partial charge in [0.25, 0.3) is 0 Å². The highest BCUT2D eigenvalue weighted by molar-refractivity contribution is 5.95. The van der Waals surface area contributed by atoms with Gasteiger partial charge >= 0.3 is 6.03 Å². The Bertz CT molecular complexity index is 684. The normalized spacial score (nSPS) is 13.3. The van der Waals surface area contributed by atoms with Gasteiger partial charge in [-0.05, 0) is 36.0 Å². The van der Waals surface area contributed by atoms with E-state index in [1.165, 1.54) is 4.90 Å². The fraction of sp³-hybridized carbons (Fsp3) is 0.316. The molecule has 1 saturated carbocycles. The lowest BCUT2D eigenvalue weighted by molar-refractivity contribution is -0.128. The summed E-state index contributed by atoms with van der Waals surface area (Å²) in [4.78, 5) is 30.5. The third kappa shape index (κ3) is 4.65. The second-order valence-corrected chi connectivity index (χ2v) is 6.13. The average Bonchev–Trinajstić information content (AvgIpc) is 3.44. The predicted octanol–water partition coefficient (Wildman–Crippen LogP) is 2.77. The van der Waals surface area contributed by atoms with Crippen molar-refractivity contribution in [3.05, 3.63) is 66.0 Å². The van der Waals surface area contributed by atoms with Crippen LogP contribution in [0.2, 0.25) is 0 Å². The molecule has 1 aliphatic rings. The van der Waals surface area contributed by atoms with Crippen LogP contribution in [-0.4, -0.2) is 28.4 Å². The predicted molar refractivity (Wildman–Crippen MR) is 91.1 cm³/mol. The van der Waals surface area contributed by atoms with Gasteiger partial charge in [-0.15, -0.1) is 0 Å². The van der Waals surface area contributed by atoms with Gasteiger partial charge in [0, 0.05) is 18.9 Å². The number of amides is 3. The SMILES string of the molecule is O=C(Cc1ccccc1)N(Cc1cccnc1)C(=O)NCC1CC1. The number of urea groups is 1. The molecule has 24 heavy (non-hydrogen) atoms. The first-order valence-corrected chi connectivity index (χ1v) is 8.23. The van der Waals surface area contributed by atoms with Crippen molar-refractivity contribution >= 4 is 11.9 Å². The first kappa shape index (κ1) is 16.2. The van der Waals surface area contributed by atoms with Crippen LogP contribution in [0.4, 0.5) is 4.79 Å². The van der Waals surface area contributed by atoms with Gasteiger partial charge in [-0.1, -0.05) is 36.4 Å². The average molecular weight is 323 g/mol. The summed E-state index contributed by atoms with van der Waals surface area (Å²) >= 11 is 0. The first-order valence-electron chi connectivity index (χ1n) is 8.23. The standard InChI is InChI=1S/C19H21N3O2/c23-18(11-15-5-2-1-3-6-15)22(14-17-7-4-10-20-12-17)19(24)21-13-16-8-9-16/h1-7,10,12,16H,8-9,11,13-14H2,(H,21,24). The van der Waals surface area contributed by atoms with Gasteiger partial charge in [0.05, 0.1) is 13.0 Å². The van der Waals surface area contributed by atoms with E-state index in [-0.39, 0.29) is 24.9 Å². The summed E-state index contributed by atoms with van der Waals surface area (Å²) in [7, 11) is 0. The van der Waals surface area contributed by atoms with Crippen LogP contribution in [0.15, 0.2) is 54.9 Å². The summed E-state index contributed by atoms with van der Waals surface area (Å²) < 4.78 is 0. The Balaban J connectivity index is 1.69. The molecule has 0 aliphatic heterocycles. The van der Waals surface area contributed by atoms with E-state index >= 15 is 0 Å². The van der Waals surface area contributed by atoms with E-state index < -0.39 is 0 Å². The molecule has 2 aromatic rings. The fourth-order valence-electron chi connectivity index (χ4n) is 2.46. The van der Waals surface area contributed by atoms with Crippen LogP contribution >= 0.6 is 0 Å². The molecular formula is C19H21N3O2. The quantitative estimate of drug-likeness (QED) is 0.889. The van der Waals surface area contributed by atoms with E-state index in [1.807, 2.05) is 36.4 Å². The number of nitrogens with one attached hydrogen (secondary N) is 1. The Labute approximate surface area is 141 Å². The maximum atomic E-state index is 12.7. The van der Waals surface area contributed by atoms with Crippen LogP contribution < -0.4 is 5.32 Å². The second-order valence-electron chi connectivity index (χ2n) is 6.13. The van der Waals surface area contributed by atoms with Crippen LogP contribution in [-0.2, 0) is 17.8 Å². The summed E-state index contributed by atoms with van der Waals surface area (Å²) in [5, 5.41) is 2.88. The number of benzene rings is 1. The molecule has 1 heterocycles. The van der Waals surface area contributed by atoms with Gasteiger partial charge in [-0.25, -0.2) is 4.79 Å². The highest BCUT2D eigenvalue weighted by atomic mass is 16.2. The molecule has 3 amide bonds. The molecule has 0 atom stereocenters. The second kappa shape index (κ2) is 7.73. The Hall–Kier alpha value is -2.69. The van der Waals surface area contributed by atoms with E-state index in [0.717, 1.165) is 24.0 Å². The minimum atomic E-state index is -0.327. The maximum absolute atomic E-state index is 12.7. The number of aromatic nitrogens is 1. The molecule has 5 nitrogen and oxygen atoms in total. The largest absolute Gasteiger partial charge is 0.337 e. The van der Waals surface area contributed by atoms with Crippen molar-refractivity contribution < 1.29 is 9.59 Å². The lowest BCUT2D eigenvalue weighted by atomic mass is 10.1. The van der Waals surface area contributed by atoms with Gasteiger partial charge in [-0.2, -0.15) is 0 Å². The molecule has 0 unspecified atom stereocenters. The zero-order valence-electron chi connectivity index (χ0n) is 13.5. The molecule has 0 bridgehead atoms. The Kier molecular flexibility index (Phi) is 5.21. The lowest BCUT2D eigenvalue weighted by Crippen LogP contribution is -2.44. The van der Waals surface area contributed by atoms with Crippen molar-refractivity contribution in [2.24, 2.45) is 5.92 Å². The molecule has 3 rings (SSSR count). The third-order valence-corrected chi connectivity index (χ3v) is 4.05. The van der Waals surface area contributed by atoms with E-state index in [1.54, 1.807) is 18.5 Å². The molecule has 1 N–H and O–H groups in total. The van der Waals surface area contributed by atoms with Crippen molar-refractivity contribution in [2.45, 2.75) is 25.8 Å². The van der Waals surface area contributed by atoms with Crippen molar-refractivity contribution in [3.63, 3.8) is 0 Å². The Morgan fingerprint density at radius 1 is 1.08 bits per heavy atom. The highest BCUT2D eigenvalue weighted by Crippen LogP contribution is 2.27. The Morgan fingerprint density at radius 3 is 2.50 bits per heavy atom. The molecule has 0 spiro atoms. The molecule has 0 saturated heterocycles. The summed E-state index contributed by atoms with van der Waals surface area (Å²) in [6.45, 7) is 0.872. The van der Waals surface area contributed by atoms with Gasteiger partial charge in [0.1, 0.15) is 0 Å². The number of pyridine rings is 1. The monoisotopic (exact) mass is 323 g/mol. The minimum absolute atomic E-state index is 0.206. The van der Waals surface area contributed by atoms with Crippen molar-refractivity contribution in [1.29, 1.82) is 0 Å². The first-order chi connectivity index (χ1) is 11.7. The van der Waals surface area contributed by atoms with Crippen LogP contribution in [0.25, 0.3) is 0 Å². The molecule has 124 valence electrons. The number of carbonyl (C=O) groups excluding carboxylic acids is 2. The lowest BCUT2D eigenvalue weighted by Gasteiger charge is -2.21. The molecule has 5 heteroatoms. The number of nitrogens with zero attached hydrogens (tertiary/aromatic N) is 2. The number of carbonyl (C=O) groups is 2. The topological polar surface area (TPSA) is 62.3 Å². The molecule has 1 aromatic heterocycles. The van der Waals surface area contributed by atoms with Crippen LogP contribution in [0.5, 0.6) is 0 Å². The van der Waals surface area contributed by atoms with E-state index in [9.17, 15) is 9.59 Å². The molecule has 1 aliphatic carbocycles. The summed E-state index contributed by atoms with van der Waals surface area (Å²) in [6.07, 6.45) is 5.86. The van der Waals surface area contributed by atoms with Crippen molar-refractivity contribution in [3.8, 4) is 0 Å². The smallest absolute Gasteiger partial charge is 0.324 e. The van der Waals surface area contributed by atoms with Crippen molar-refractivity contribution in [2.75, 3.05) is 6.54 Å². The van der Waals surface area contributed by atoms with Crippen LogP contribution in [0.3, 0.4) is 0 Å². The summed E-state index contributed by atoms with van der Waals surface area (Å²) in [5.41, 5.74) is 1.73. The van der Waals surface area contributed by atoms with E-state index in [4.69, 9.17) is 0 Å². The number of hydrogen-bond donors (Lipinski definition) is 1. The van der Waals surface area contributed by atoms with E-state index in [0.29, 0.717) is 12.5 Å². The zero-order valence-corrected chi connectivity index (χ0v) is 13.5. The van der Waals surface area contributed by atoms with Gasteiger partial charge in [-0.3, -0.25) is 14.7 Å². The number of hydrogen-bond acceptors (Lipinski definition) is 3. The van der Waals surface area contributed by atoms with Gasteiger partial charge < -0.3 is 5.32 Å². The summed E-state index contributed by atoms with van der Waals surface area (Å²) in [5.74, 6) is 0.358. The Morgan fingerprint density at radius 2 is 1.83 bits per heavy atom. The molecule has 1 fully saturated rings. The third-order valence-electron chi connectivity index (χ3n) is 4.05. The number of imide groups is 1. The maximum Gasteiger partial charge on any atom is 0.324 e. The number of rotatable bonds is 6. The van der Waals surface area contributed by atoms with Crippen LogP contribution in [0.1, 0.15) is 24.0 Å².